The van der Waals surface area contributed by atoms with Gasteiger partial charge >= 0.3 is 0 Å². The fourth-order valence-corrected chi connectivity index (χ4v) is 1.96. The summed E-state index contributed by atoms with van der Waals surface area (Å²) in [5.41, 5.74) is 0. The van der Waals surface area contributed by atoms with Crippen molar-refractivity contribution in [1.82, 2.24) is 0 Å². The first-order valence-electron chi connectivity index (χ1n) is 9.20. The van der Waals surface area contributed by atoms with Crippen LogP contribution in [-0.4, -0.2) is 117 Å². The molecule has 4 aliphatic heterocycles. The van der Waals surface area contributed by atoms with Crippen molar-refractivity contribution in [1.29, 1.82) is 0 Å². The van der Waals surface area contributed by atoms with E-state index in [9.17, 15) is 0 Å². The molecule has 0 saturated carbocycles. The molecule has 0 amide bonds. The first kappa shape index (κ1) is 23.7. The molecule has 0 bridgehead atoms. The summed E-state index contributed by atoms with van der Waals surface area (Å²) in [6.07, 6.45) is -0.0799. The monoisotopic (exact) mass is 382 g/mol. The lowest BCUT2D eigenvalue weighted by atomic mass is 10.4. The minimum atomic E-state index is -0.0799. The number of hydrogen-bond acceptors (Lipinski definition) is 9. The highest BCUT2D eigenvalue weighted by molar-refractivity contribution is 4.56. The van der Waals surface area contributed by atoms with E-state index in [1.165, 1.54) is 0 Å². The smallest absolute Gasteiger partial charge is 0.104 e. The molecule has 26 heavy (non-hydrogen) atoms. The van der Waals surface area contributed by atoms with E-state index in [1.807, 2.05) is 0 Å². The summed E-state index contributed by atoms with van der Waals surface area (Å²) in [5, 5.41) is 8.49. The standard InChI is InChI=1S/C5H10O3.3C4H8O2/c6-3-5-4-7-1-2-8-5;3*1-2-6-4-3-5-1/h5-6H,1-4H2;3*1-4H2. The van der Waals surface area contributed by atoms with E-state index in [0.717, 1.165) is 79.3 Å². The Morgan fingerprint density at radius 3 is 0.923 bits per heavy atom. The van der Waals surface area contributed by atoms with Gasteiger partial charge in [-0.25, -0.2) is 0 Å². The van der Waals surface area contributed by atoms with E-state index in [2.05, 4.69) is 0 Å². The van der Waals surface area contributed by atoms with Gasteiger partial charge in [0.25, 0.3) is 0 Å². The number of aliphatic hydroxyl groups is 1. The molecule has 1 atom stereocenters. The van der Waals surface area contributed by atoms with Crippen molar-refractivity contribution < 1.29 is 43.0 Å². The Morgan fingerprint density at radius 2 is 0.769 bits per heavy atom. The van der Waals surface area contributed by atoms with Crippen LogP contribution in [0.1, 0.15) is 0 Å². The zero-order valence-electron chi connectivity index (χ0n) is 15.6. The average molecular weight is 382 g/mol. The topological polar surface area (TPSA) is 94.1 Å². The van der Waals surface area contributed by atoms with Gasteiger partial charge < -0.3 is 43.0 Å². The lowest BCUT2D eigenvalue weighted by Gasteiger charge is -2.20. The van der Waals surface area contributed by atoms with Gasteiger partial charge in [-0.05, 0) is 0 Å². The highest BCUT2D eigenvalue weighted by Gasteiger charge is 2.11. The van der Waals surface area contributed by atoms with Gasteiger partial charge in [-0.1, -0.05) is 0 Å². The molecule has 1 N–H and O–H groups in total. The third kappa shape index (κ3) is 15.9. The van der Waals surface area contributed by atoms with Crippen molar-refractivity contribution in [2.75, 3.05) is 106 Å². The molecule has 9 nitrogen and oxygen atoms in total. The van der Waals surface area contributed by atoms with Crippen LogP contribution in [0.2, 0.25) is 0 Å². The zero-order valence-corrected chi connectivity index (χ0v) is 15.6. The quantitative estimate of drug-likeness (QED) is 0.644. The van der Waals surface area contributed by atoms with Crippen LogP contribution in [0.3, 0.4) is 0 Å². The summed E-state index contributed by atoms with van der Waals surface area (Å²) < 4.78 is 39.7. The van der Waals surface area contributed by atoms with E-state index in [4.69, 9.17) is 43.0 Å². The summed E-state index contributed by atoms with van der Waals surface area (Å²) in [6, 6.07) is 0. The first-order chi connectivity index (χ1) is 12.9. The second-order valence-electron chi connectivity index (χ2n) is 5.42. The number of ether oxygens (including phenoxy) is 8. The summed E-state index contributed by atoms with van der Waals surface area (Å²) in [5.74, 6) is 0. The van der Waals surface area contributed by atoms with Crippen LogP contribution in [0.5, 0.6) is 0 Å². The van der Waals surface area contributed by atoms with E-state index in [-0.39, 0.29) is 12.7 Å². The molecule has 4 fully saturated rings. The molecular weight excluding hydrogens is 348 g/mol. The number of rotatable bonds is 1. The zero-order chi connectivity index (χ0) is 18.5. The second kappa shape index (κ2) is 19.4. The Hall–Kier alpha value is -0.360. The van der Waals surface area contributed by atoms with E-state index >= 15 is 0 Å². The van der Waals surface area contributed by atoms with Crippen molar-refractivity contribution >= 4 is 0 Å². The molecule has 0 spiro atoms. The molecule has 0 radical (unpaired) electrons. The fourth-order valence-electron chi connectivity index (χ4n) is 1.96. The summed E-state index contributed by atoms with van der Waals surface area (Å²) in [4.78, 5) is 0. The molecule has 4 aliphatic rings. The molecule has 4 rings (SSSR count). The normalized spacial score (nSPS) is 26.0. The molecule has 4 heterocycles. The van der Waals surface area contributed by atoms with Gasteiger partial charge in [-0.2, -0.15) is 0 Å². The molecular formula is C17H34O9. The van der Waals surface area contributed by atoms with Crippen LogP contribution in [0.4, 0.5) is 0 Å². The Labute approximate surface area is 155 Å². The largest absolute Gasteiger partial charge is 0.394 e. The summed E-state index contributed by atoms with van der Waals surface area (Å²) in [6.45, 7) is 11.2. The maximum atomic E-state index is 8.49. The van der Waals surface area contributed by atoms with Crippen molar-refractivity contribution in [3.8, 4) is 0 Å². The van der Waals surface area contributed by atoms with Gasteiger partial charge in [0.2, 0.25) is 0 Å². The molecule has 0 aromatic carbocycles. The molecule has 9 heteroatoms. The van der Waals surface area contributed by atoms with Gasteiger partial charge in [-0.15, -0.1) is 0 Å². The Kier molecular flexibility index (Phi) is 17.7. The fraction of sp³-hybridized carbons (Fsp3) is 1.00. The highest BCUT2D eigenvalue weighted by atomic mass is 16.6. The summed E-state index contributed by atoms with van der Waals surface area (Å²) >= 11 is 0. The van der Waals surface area contributed by atoms with E-state index in [1.54, 1.807) is 0 Å². The minimum absolute atomic E-state index is 0.0694. The first-order valence-corrected chi connectivity index (χ1v) is 9.20. The van der Waals surface area contributed by atoms with Crippen molar-refractivity contribution in [2.24, 2.45) is 0 Å². The third-order valence-corrected chi connectivity index (χ3v) is 3.32. The molecule has 1 unspecified atom stereocenters. The van der Waals surface area contributed by atoms with Crippen LogP contribution in [0.25, 0.3) is 0 Å². The maximum Gasteiger partial charge on any atom is 0.104 e. The van der Waals surface area contributed by atoms with Gasteiger partial charge in [0.15, 0.2) is 0 Å². The average Bonchev–Trinajstić information content (AvgIpc) is 2.79. The minimum Gasteiger partial charge on any atom is -0.394 e. The Balaban J connectivity index is 0.000000175. The Bertz CT molecular complexity index is 200. The maximum absolute atomic E-state index is 8.49. The summed E-state index contributed by atoms with van der Waals surface area (Å²) in [7, 11) is 0. The van der Waals surface area contributed by atoms with Crippen molar-refractivity contribution in [3.05, 3.63) is 0 Å². The molecule has 0 aliphatic carbocycles. The number of hydrogen-bond donors (Lipinski definition) is 1. The highest BCUT2D eigenvalue weighted by Crippen LogP contribution is 1.97. The van der Waals surface area contributed by atoms with Gasteiger partial charge in [0.05, 0.1) is 106 Å². The molecule has 4 saturated heterocycles. The van der Waals surface area contributed by atoms with Gasteiger partial charge in [0.1, 0.15) is 6.10 Å². The van der Waals surface area contributed by atoms with Crippen LogP contribution >= 0.6 is 0 Å². The predicted molar refractivity (Wildman–Crippen MR) is 92.6 cm³/mol. The lowest BCUT2D eigenvalue weighted by molar-refractivity contribution is -0.105. The second-order valence-corrected chi connectivity index (χ2v) is 5.42. The Morgan fingerprint density at radius 1 is 0.462 bits per heavy atom. The molecule has 0 aromatic rings. The van der Waals surface area contributed by atoms with Crippen molar-refractivity contribution in [2.45, 2.75) is 6.10 Å². The molecule has 156 valence electrons. The SMILES string of the molecule is C1COCCO1.C1COCCO1.C1COCCO1.OCC1COCCO1. The van der Waals surface area contributed by atoms with E-state index < -0.39 is 0 Å². The van der Waals surface area contributed by atoms with Crippen LogP contribution in [0.15, 0.2) is 0 Å². The molecule has 0 aromatic heterocycles. The third-order valence-electron chi connectivity index (χ3n) is 3.32. The number of aliphatic hydroxyl groups excluding tert-OH is 1. The van der Waals surface area contributed by atoms with Crippen LogP contribution in [-0.2, 0) is 37.9 Å². The van der Waals surface area contributed by atoms with Crippen LogP contribution in [0, 0.1) is 0 Å². The predicted octanol–water partition coefficient (Wildman–Crippen LogP) is -0.506. The van der Waals surface area contributed by atoms with Gasteiger partial charge in [-0.3, -0.25) is 0 Å². The van der Waals surface area contributed by atoms with Gasteiger partial charge in [0, 0.05) is 0 Å². The van der Waals surface area contributed by atoms with Crippen LogP contribution < -0.4 is 0 Å². The lowest BCUT2D eigenvalue weighted by Crippen LogP contribution is -2.31. The van der Waals surface area contributed by atoms with Crippen molar-refractivity contribution in [3.63, 3.8) is 0 Å². The van der Waals surface area contributed by atoms with E-state index in [0.29, 0.717) is 19.8 Å².